The minimum Gasteiger partial charge on any atom is -0.171 e. The standard InChI is InChI=1S/C15H22F6/c16-14(17,18)12-7-11(6-5-10-3-1-2-4-10)8-13(9-12)15(19,20)21/h10-13H,1-9H2. The van der Waals surface area contributed by atoms with Crippen LogP contribution in [0.2, 0.25) is 0 Å². The largest absolute Gasteiger partial charge is 0.391 e. The van der Waals surface area contributed by atoms with Crippen molar-refractivity contribution >= 4 is 0 Å². The van der Waals surface area contributed by atoms with Crippen LogP contribution in [-0.2, 0) is 0 Å². The lowest BCUT2D eigenvalue weighted by atomic mass is 9.72. The molecule has 0 N–H and O–H groups in total. The van der Waals surface area contributed by atoms with Crippen LogP contribution in [0.3, 0.4) is 0 Å². The summed E-state index contributed by atoms with van der Waals surface area (Å²) in [6.45, 7) is 0. The highest BCUT2D eigenvalue weighted by Crippen LogP contribution is 2.49. The Balaban J connectivity index is 1.95. The summed E-state index contributed by atoms with van der Waals surface area (Å²) in [5, 5.41) is 0. The van der Waals surface area contributed by atoms with E-state index in [0.29, 0.717) is 12.3 Å². The van der Waals surface area contributed by atoms with Crippen molar-refractivity contribution in [1.82, 2.24) is 0 Å². The summed E-state index contributed by atoms with van der Waals surface area (Å²) in [5.41, 5.74) is 0. The molecule has 0 nitrogen and oxygen atoms in total. The van der Waals surface area contributed by atoms with Crippen molar-refractivity contribution in [3.63, 3.8) is 0 Å². The summed E-state index contributed by atoms with van der Waals surface area (Å²) < 4.78 is 77.1. The third-order valence-corrected chi connectivity index (χ3v) is 5.19. The van der Waals surface area contributed by atoms with Crippen LogP contribution in [0.5, 0.6) is 0 Å². The summed E-state index contributed by atoms with van der Waals surface area (Å²) >= 11 is 0. The van der Waals surface area contributed by atoms with Gasteiger partial charge in [0.1, 0.15) is 0 Å². The zero-order chi connectivity index (χ0) is 15.7. The van der Waals surface area contributed by atoms with Crippen LogP contribution in [0, 0.1) is 23.7 Å². The van der Waals surface area contributed by atoms with E-state index < -0.39 is 36.5 Å². The fourth-order valence-corrected chi connectivity index (χ4v) is 3.98. The van der Waals surface area contributed by atoms with Crippen LogP contribution in [0.15, 0.2) is 0 Å². The molecule has 0 amide bonds. The fourth-order valence-electron chi connectivity index (χ4n) is 3.98. The Morgan fingerprint density at radius 3 is 1.48 bits per heavy atom. The maximum absolute atomic E-state index is 12.8. The summed E-state index contributed by atoms with van der Waals surface area (Å²) in [5.74, 6) is -3.49. The minimum absolute atomic E-state index is 0.122. The number of halogens is 6. The quantitative estimate of drug-likeness (QED) is 0.551. The highest BCUT2D eigenvalue weighted by molar-refractivity contribution is 4.86. The molecule has 21 heavy (non-hydrogen) atoms. The van der Waals surface area contributed by atoms with Crippen LogP contribution >= 0.6 is 0 Å². The molecule has 2 unspecified atom stereocenters. The number of hydrogen-bond donors (Lipinski definition) is 0. The molecule has 0 spiro atoms. The van der Waals surface area contributed by atoms with E-state index in [1.807, 2.05) is 0 Å². The van der Waals surface area contributed by atoms with Crippen molar-refractivity contribution in [3.05, 3.63) is 0 Å². The molecule has 2 rings (SSSR count). The second-order valence-electron chi connectivity index (χ2n) is 6.78. The normalized spacial score (nSPS) is 32.6. The Bertz CT molecular complexity index is 304. The predicted octanol–water partition coefficient (Wildman–Crippen LogP) is 6.11. The van der Waals surface area contributed by atoms with Crippen molar-refractivity contribution in [1.29, 1.82) is 0 Å². The Hall–Kier alpha value is -0.420. The molecule has 2 fully saturated rings. The van der Waals surface area contributed by atoms with Gasteiger partial charge in [-0.25, -0.2) is 0 Å². The van der Waals surface area contributed by atoms with E-state index in [1.165, 1.54) is 0 Å². The van der Waals surface area contributed by atoms with Gasteiger partial charge >= 0.3 is 12.4 Å². The van der Waals surface area contributed by atoms with Crippen molar-refractivity contribution in [2.75, 3.05) is 0 Å². The molecule has 0 aliphatic heterocycles. The Morgan fingerprint density at radius 2 is 1.05 bits per heavy atom. The molecule has 2 aliphatic carbocycles. The second kappa shape index (κ2) is 6.37. The summed E-state index contributed by atoms with van der Waals surface area (Å²) in [6, 6.07) is 0. The maximum atomic E-state index is 12.8. The minimum atomic E-state index is -4.50. The van der Waals surface area contributed by atoms with Crippen molar-refractivity contribution in [2.24, 2.45) is 23.7 Å². The van der Waals surface area contributed by atoms with Gasteiger partial charge in [0.2, 0.25) is 0 Å². The molecule has 2 aliphatic rings. The lowest BCUT2D eigenvalue weighted by Gasteiger charge is -2.37. The average molecular weight is 316 g/mol. The molecule has 0 heterocycles. The lowest BCUT2D eigenvalue weighted by Crippen LogP contribution is -2.38. The van der Waals surface area contributed by atoms with Gasteiger partial charge in [0, 0.05) is 0 Å². The zero-order valence-electron chi connectivity index (χ0n) is 11.9. The monoisotopic (exact) mass is 316 g/mol. The Labute approximate surface area is 121 Å². The highest BCUT2D eigenvalue weighted by atomic mass is 19.4. The maximum Gasteiger partial charge on any atom is 0.391 e. The van der Waals surface area contributed by atoms with Gasteiger partial charge < -0.3 is 0 Å². The van der Waals surface area contributed by atoms with E-state index in [9.17, 15) is 26.3 Å². The van der Waals surface area contributed by atoms with Gasteiger partial charge in [-0.2, -0.15) is 26.3 Å². The van der Waals surface area contributed by atoms with Gasteiger partial charge in [-0.05, 0) is 31.1 Å². The molecule has 0 bridgehead atoms. The van der Waals surface area contributed by atoms with E-state index in [-0.39, 0.29) is 12.8 Å². The molecule has 2 atom stereocenters. The molecule has 2 saturated carbocycles. The smallest absolute Gasteiger partial charge is 0.171 e. The lowest BCUT2D eigenvalue weighted by molar-refractivity contribution is -0.228. The number of hydrogen-bond acceptors (Lipinski definition) is 0. The first-order valence-corrected chi connectivity index (χ1v) is 7.79. The summed E-state index contributed by atoms with van der Waals surface area (Å²) in [6.07, 6.45) is -4.28. The van der Waals surface area contributed by atoms with Gasteiger partial charge in [0.05, 0.1) is 11.8 Å². The topological polar surface area (TPSA) is 0 Å². The highest BCUT2D eigenvalue weighted by Gasteiger charge is 2.51. The summed E-state index contributed by atoms with van der Waals surface area (Å²) in [7, 11) is 0. The van der Waals surface area contributed by atoms with Crippen molar-refractivity contribution in [2.45, 2.75) is 70.1 Å². The SMILES string of the molecule is FC(F)(F)C1CC(CCC2CCCC2)CC(C(F)(F)F)C1. The first-order valence-electron chi connectivity index (χ1n) is 7.79. The Kier molecular flexibility index (Phi) is 5.14. The van der Waals surface area contributed by atoms with Gasteiger partial charge in [-0.1, -0.05) is 38.5 Å². The predicted molar refractivity (Wildman–Crippen MR) is 67.6 cm³/mol. The third-order valence-electron chi connectivity index (χ3n) is 5.19. The molecular formula is C15H22F6. The second-order valence-corrected chi connectivity index (χ2v) is 6.78. The van der Waals surface area contributed by atoms with Crippen LogP contribution < -0.4 is 0 Å². The van der Waals surface area contributed by atoms with Crippen LogP contribution in [0.25, 0.3) is 0 Å². The zero-order valence-corrected chi connectivity index (χ0v) is 11.9. The van der Waals surface area contributed by atoms with E-state index >= 15 is 0 Å². The number of rotatable bonds is 3. The van der Waals surface area contributed by atoms with Crippen LogP contribution in [0.1, 0.15) is 57.8 Å². The van der Waals surface area contributed by atoms with Gasteiger partial charge in [0.15, 0.2) is 0 Å². The fraction of sp³-hybridized carbons (Fsp3) is 1.00. The third kappa shape index (κ3) is 4.78. The molecule has 6 heteroatoms. The molecule has 0 aromatic rings. The van der Waals surface area contributed by atoms with E-state index in [0.717, 1.165) is 32.1 Å². The van der Waals surface area contributed by atoms with Crippen molar-refractivity contribution in [3.8, 4) is 0 Å². The molecular weight excluding hydrogens is 294 g/mol. The Morgan fingerprint density at radius 1 is 0.619 bits per heavy atom. The van der Waals surface area contributed by atoms with Gasteiger partial charge in [-0.3, -0.25) is 0 Å². The first kappa shape index (κ1) is 16.9. The molecule has 0 radical (unpaired) electrons. The first-order chi connectivity index (χ1) is 9.66. The molecule has 124 valence electrons. The van der Waals surface area contributed by atoms with E-state index in [2.05, 4.69) is 0 Å². The van der Waals surface area contributed by atoms with E-state index in [4.69, 9.17) is 0 Å². The van der Waals surface area contributed by atoms with E-state index in [1.54, 1.807) is 0 Å². The van der Waals surface area contributed by atoms with Gasteiger partial charge in [-0.15, -0.1) is 0 Å². The molecule has 0 saturated heterocycles. The number of alkyl halides is 6. The van der Waals surface area contributed by atoms with Crippen LogP contribution in [-0.4, -0.2) is 12.4 Å². The van der Waals surface area contributed by atoms with Crippen LogP contribution in [0.4, 0.5) is 26.3 Å². The van der Waals surface area contributed by atoms with Gasteiger partial charge in [0.25, 0.3) is 0 Å². The molecule has 0 aromatic carbocycles. The summed E-state index contributed by atoms with van der Waals surface area (Å²) in [4.78, 5) is 0. The molecule has 0 aromatic heterocycles. The van der Waals surface area contributed by atoms with Crippen molar-refractivity contribution < 1.29 is 26.3 Å². The average Bonchev–Trinajstić information content (AvgIpc) is 2.87.